The summed E-state index contributed by atoms with van der Waals surface area (Å²) in [6, 6.07) is 7.74. The molecule has 1 aliphatic rings. The van der Waals surface area contributed by atoms with Gasteiger partial charge in [0.1, 0.15) is 5.69 Å². The number of hydrogen-bond acceptors (Lipinski definition) is 6. The summed E-state index contributed by atoms with van der Waals surface area (Å²) in [5.41, 5.74) is 10.1. The molecular formula is C21H20N6O2. The number of H-pyrrole nitrogens is 1. The number of benzene rings is 1. The molecule has 3 N–H and O–H groups in total. The Morgan fingerprint density at radius 3 is 2.97 bits per heavy atom. The molecule has 8 heteroatoms. The van der Waals surface area contributed by atoms with E-state index in [4.69, 9.17) is 10.5 Å². The van der Waals surface area contributed by atoms with Crippen LogP contribution in [0.5, 0.6) is 0 Å². The van der Waals surface area contributed by atoms with Crippen molar-refractivity contribution in [1.82, 2.24) is 24.8 Å². The van der Waals surface area contributed by atoms with Crippen LogP contribution in [0.4, 0.5) is 10.6 Å². The number of aromatic amines is 1. The highest BCUT2D eigenvalue weighted by atomic mass is 16.6. The third kappa shape index (κ3) is 3.89. The Labute approximate surface area is 167 Å². The van der Waals surface area contributed by atoms with E-state index >= 15 is 0 Å². The van der Waals surface area contributed by atoms with Crippen LogP contribution >= 0.6 is 0 Å². The molecule has 146 valence electrons. The highest BCUT2D eigenvalue weighted by Gasteiger charge is 2.21. The largest absolute Gasteiger partial charge is 0.436 e. The molecule has 0 saturated heterocycles. The number of nitrogens with zero attached hydrogens (tertiary/aromatic N) is 4. The van der Waals surface area contributed by atoms with Gasteiger partial charge in [-0.1, -0.05) is 24.1 Å². The van der Waals surface area contributed by atoms with Crippen molar-refractivity contribution in [2.45, 2.75) is 13.3 Å². The maximum atomic E-state index is 12.0. The number of hydrogen-bond donors (Lipinski definition) is 2. The maximum absolute atomic E-state index is 12.0. The highest BCUT2D eigenvalue weighted by Crippen LogP contribution is 2.26. The zero-order valence-electron chi connectivity index (χ0n) is 16.0. The first-order valence-corrected chi connectivity index (χ1v) is 9.24. The Kier molecular flexibility index (Phi) is 5.12. The molecule has 0 radical (unpaired) electrons. The minimum absolute atomic E-state index is 0.104. The number of nitrogens with two attached hydrogens (primary N) is 1. The zero-order valence-corrected chi connectivity index (χ0v) is 16.0. The van der Waals surface area contributed by atoms with E-state index in [0.717, 1.165) is 22.3 Å². The molecular weight excluding hydrogens is 368 g/mol. The van der Waals surface area contributed by atoms with Gasteiger partial charge in [0.25, 0.3) is 0 Å². The van der Waals surface area contributed by atoms with Gasteiger partial charge in [0.2, 0.25) is 0 Å². The lowest BCUT2D eigenvalue weighted by atomic mass is 10.1. The predicted octanol–water partition coefficient (Wildman–Crippen LogP) is 2.85. The van der Waals surface area contributed by atoms with Crippen LogP contribution in [0.1, 0.15) is 19.0 Å². The quantitative estimate of drug-likeness (QED) is 0.668. The number of carbonyl (C=O) groups excluding carboxylic acids is 1. The van der Waals surface area contributed by atoms with Crippen molar-refractivity contribution in [3.8, 4) is 23.4 Å². The van der Waals surface area contributed by atoms with Gasteiger partial charge in [-0.25, -0.2) is 19.7 Å². The van der Waals surface area contributed by atoms with E-state index in [1.165, 1.54) is 0 Å². The van der Waals surface area contributed by atoms with Crippen molar-refractivity contribution < 1.29 is 9.53 Å². The van der Waals surface area contributed by atoms with E-state index in [1.807, 2.05) is 30.3 Å². The number of amides is 1. The van der Waals surface area contributed by atoms with Gasteiger partial charge in [0, 0.05) is 13.1 Å². The van der Waals surface area contributed by atoms with Gasteiger partial charge in [0.15, 0.2) is 18.2 Å². The van der Waals surface area contributed by atoms with Gasteiger partial charge in [-0.05, 0) is 31.1 Å². The third-order valence-corrected chi connectivity index (χ3v) is 4.66. The van der Waals surface area contributed by atoms with Gasteiger partial charge in [0.05, 0.1) is 22.9 Å². The van der Waals surface area contributed by atoms with Gasteiger partial charge in [-0.3, -0.25) is 0 Å². The topological polar surface area (TPSA) is 110 Å². The van der Waals surface area contributed by atoms with Gasteiger partial charge >= 0.3 is 6.09 Å². The summed E-state index contributed by atoms with van der Waals surface area (Å²) in [4.78, 5) is 30.5. The fourth-order valence-corrected chi connectivity index (χ4v) is 3.12. The Balaban J connectivity index is 1.54. The second-order valence-electron chi connectivity index (χ2n) is 6.50. The van der Waals surface area contributed by atoms with Gasteiger partial charge in [-0.15, -0.1) is 5.92 Å². The second kappa shape index (κ2) is 8.02. The summed E-state index contributed by atoms with van der Waals surface area (Å²) >= 11 is 0. The first kappa shape index (κ1) is 18.5. The number of imidazole rings is 1. The lowest BCUT2D eigenvalue weighted by Gasteiger charge is -2.25. The van der Waals surface area contributed by atoms with Crippen molar-refractivity contribution >= 4 is 28.5 Å². The minimum Gasteiger partial charge on any atom is -0.436 e. The van der Waals surface area contributed by atoms with Gasteiger partial charge < -0.3 is 20.4 Å². The van der Waals surface area contributed by atoms with Crippen LogP contribution in [0.15, 0.2) is 36.5 Å². The van der Waals surface area contributed by atoms with Crippen LogP contribution in [0.25, 0.3) is 28.1 Å². The number of anilines is 1. The van der Waals surface area contributed by atoms with E-state index in [0.29, 0.717) is 36.8 Å². The molecule has 1 amide bonds. The van der Waals surface area contributed by atoms with Crippen molar-refractivity contribution in [1.29, 1.82) is 0 Å². The lowest BCUT2D eigenvalue weighted by Crippen LogP contribution is -2.35. The number of fused-ring (bicyclic) bond motifs is 1. The first-order chi connectivity index (χ1) is 14.2. The van der Waals surface area contributed by atoms with Crippen LogP contribution in [0.2, 0.25) is 0 Å². The Morgan fingerprint density at radius 1 is 1.34 bits per heavy atom. The molecule has 29 heavy (non-hydrogen) atoms. The summed E-state index contributed by atoms with van der Waals surface area (Å²) < 4.78 is 5.11. The molecule has 3 heterocycles. The fourth-order valence-electron chi connectivity index (χ4n) is 3.12. The van der Waals surface area contributed by atoms with Crippen LogP contribution < -0.4 is 5.73 Å². The standard InChI is InChI=1S/C21H20N6O2/c1-2-3-12-29-21(28)27-10-8-14(9-11-27)17-13-23-19(22)18(24-17)20-25-15-6-4-5-7-16(15)26-20/h4-8,13H,9-12H2,1H3,(H2,22,23)(H,25,26). The Hall–Kier alpha value is -3.86. The third-order valence-electron chi connectivity index (χ3n) is 4.66. The number of para-hydroxylation sites is 2. The summed E-state index contributed by atoms with van der Waals surface area (Å²) in [5.74, 6) is 6.30. The molecule has 3 aromatic rings. The monoisotopic (exact) mass is 388 g/mol. The SMILES string of the molecule is CC#CCOC(=O)N1CC=C(c2cnc(N)c(-c3nc4ccccc4[nH]3)n2)CC1. The van der Waals surface area contributed by atoms with E-state index in [2.05, 4.69) is 31.8 Å². The molecule has 1 aliphatic heterocycles. The van der Waals surface area contributed by atoms with Crippen LogP contribution in [0.3, 0.4) is 0 Å². The first-order valence-electron chi connectivity index (χ1n) is 9.24. The van der Waals surface area contributed by atoms with Gasteiger partial charge in [-0.2, -0.15) is 0 Å². The summed E-state index contributed by atoms with van der Waals surface area (Å²) in [6.45, 7) is 2.79. The average Bonchev–Trinajstić information content (AvgIpc) is 3.18. The predicted molar refractivity (Wildman–Crippen MR) is 110 cm³/mol. The molecule has 0 unspecified atom stereocenters. The number of rotatable bonds is 3. The van der Waals surface area contributed by atoms with Crippen molar-refractivity contribution in [3.05, 3.63) is 42.2 Å². The Morgan fingerprint density at radius 2 is 2.21 bits per heavy atom. The van der Waals surface area contributed by atoms with Crippen LogP contribution in [0, 0.1) is 11.8 Å². The molecule has 0 bridgehead atoms. The number of carbonyl (C=O) groups is 1. The number of aromatic nitrogens is 4. The van der Waals surface area contributed by atoms with Crippen LogP contribution in [-0.4, -0.2) is 50.6 Å². The Bertz CT molecular complexity index is 1120. The van der Waals surface area contributed by atoms with E-state index in [-0.39, 0.29) is 12.7 Å². The summed E-state index contributed by atoms with van der Waals surface area (Å²) in [7, 11) is 0. The highest BCUT2D eigenvalue weighted by molar-refractivity contribution is 5.81. The van der Waals surface area contributed by atoms with Crippen LogP contribution in [-0.2, 0) is 4.74 Å². The zero-order chi connectivity index (χ0) is 20.2. The summed E-state index contributed by atoms with van der Waals surface area (Å²) in [6.07, 6.45) is 3.89. The fraction of sp³-hybridized carbons (Fsp3) is 0.238. The van der Waals surface area contributed by atoms with E-state index in [9.17, 15) is 4.79 Å². The molecule has 0 fully saturated rings. The van der Waals surface area contributed by atoms with E-state index in [1.54, 1.807) is 18.0 Å². The smallest absolute Gasteiger partial charge is 0.411 e. The second-order valence-corrected chi connectivity index (χ2v) is 6.50. The minimum atomic E-state index is -0.366. The molecule has 0 spiro atoms. The molecule has 2 aromatic heterocycles. The average molecular weight is 388 g/mol. The molecule has 4 rings (SSSR count). The van der Waals surface area contributed by atoms with Crippen molar-refractivity contribution in [2.24, 2.45) is 0 Å². The normalized spacial score (nSPS) is 13.6. The number of nitrogen functional groups attached to an aromatic ring is 1. The molecule has 1 aromatic carbocycles. The number of nitrogens with one attached hydrogen (secondary N) is 1. The van der Waals surface area contributed by atoms with E-state index < -0.39 is 0 Å². The molecule has 0 saturated carbocycles. The molecule has 8 nitrogen and oxygen atoms in total. The van der Waals surface area contributed by atoms with Crippen molar-refractivity contribution in [3.63, 3.8) is 0 Å². The van der Waals surface area contributed by atoms with Crippen molar-refractivity contribution in [2.75, 3.05) is 25.4 Å². The number of ether oxygens (including phenoxy) is 1. The lowest BCUT2D eigenvalue weighted by molar-refractivity contribution is 0.118. The summed E-state index contributed by atoms with van der Waals surface area (Å²) in [5, 5.41) is 0. The molecule has 0 atom stereocenters. The maximum Gasteiger partial charge on any atom is 0.411 e. The molecule has 0 aliphatic carbocycles.